The van der Waals surface area contributed by atoms with Crippen LogP contribution in [0.4, 0.5) is 0 Å². The van der Waals surface area contributed by atoms with Crippen molar-refractivity contribution in [2.45, 2.75) is 25.3 Å². The normalized spacial score (nSPS) is 19.3. The highest BCUT2D eigenvalue weighted by Crippen LogP contribution is 2.21. The molecular formula is C18H24N2O6. The Hall–Kier alpha value is -2.61. The summed E-state index contributed by atoms with van der Waals surface area (Å²) in [6.07, 6.45) is 1.05. The number of methoxy groups -OCH3 is 1. The van der Waals surface area contributed by atoms with Gasteiger partial charge in [0.25, 0.3) is 5.91 Å². The summed E-state index contributed by atoms with van der Waals surface area (Å²) < 4.78 is 15.5. The standard InChI is InChI=1S/C18H24N2O6/c1-3-26-14-8-5-4-7-13(14)16(22)19-11-15(21)20-18(17(23)24-2)9-6-10-25-12-18/h4-5,7-8H,3,6,9-12H2,1-2H3,(H,19,22)(H,20,21). The zero-order valence-corrected chi connectivity index (χ0v) is 15.0. The molecule has 1 heterocycles. The van der Waals surface area contributed by atoms with E-state index in [1.807, 2.05) is 6.92 Å². The third-order valence-electron chi connectivity index (χ3n) is 4.04. The number of hydrogen-bond donors (Lipinski definition) is 2. The Labute approximate surface area is 152 Å². The van der Waals surface area contributed by atoms with Crippen LogP contribution in [-0.2, 0) is 19.1 Å². The monoisotopic (exact) mass is 364 g/mol. The summed E-state index contributed by atoms with van der Waals surface area (Å²) in [5.41, 5.74) is -0.872. The van der Waals surface area contributed by atoms with E-state index < -0.39 is 23.3 Å². The Kier molecular flexibility index (Phi) is 6.97. The second kappa shape index (κ2) is 9.19. The highest BCUT2D eigenvalue weighted by atomic mass is 16.5. The lowest BCUT2D eigenvalue weighted by atomic mass is 9.92. The van der Waals surface area contributed by atoms with Gasteiger partial charge in [0.1, 0.15) is 5.75 Å². The summed E-state index contributed by atoms with van der Waals surface area (Å²) in [6, 6.07) is 6.77. The fourth-order valence-electron chi connectivity index (χ4n) is 2.80. The maximum atomic E-state index is 12.3. The van der Waals surface area contributed by atoms with Crippen molar-refractivity contribution in [3.05, 3.63) is 29.8 Å². The van der Waals surface area contributed by atoms with Crippen LogP contribution in [0.1, 0.15) is 30.1 Å². The number of carbonyl (C=O) groups is 3. The second-order valence-electron chi connectivity index (χ2n) is 5.89. The van der Waals surface area contributed by atoms with E-state index >= 15 is 0 Å². The maximum Gasteiger partial charge on any atom is 0.334 e. The molecule has 0 aromatic heterocycles. The van der Waals surface area contributed by atoms with Crippen molar-refractivity contribution in [3.8, 4) is 5.75 Å². The molecule has 1 atom stereocenters. The lowest BCUT2D eigenvalue weighted by Gasteiger charge is -2.34. The molecule has 1 aliphatic heterocycles. The predicted molar refractivity (Wildman–Crippen MR) is 92.9 cm³/mol. The van der Waals surface area contributed by atoms with Gasteiger partial charge >= 0.3 is 5.97 Å². The number of para-hydroxylation sites is 1. The van der Waals surface area contributed by atoms with E-state index in [1.165, 1.54) is 7.11 Å². The van der Waals surface area contributed by atoms with Crippen molar-refractivity contribution in [2.24, 2.45) is 0 Å². The number of ether oxygens (including phenoxy) is 3. The first-order valence-corrected chi connectivity index (χ1v) is 8.49. The van der Waals surface area contributed by atoms with E-state index in [9.17, 15) is 14.4 Å². The zero-order valence-electron chi connectivity index (χ0n) is 15.0. The molecule has 2 rings (SSSR count). The van der Waals surface area contributed by atoms with Crippen LogP contribution in [-0.4, -0.2) is 56.8 Å². The molecule has 1 aromatic carbocycles. The van der Waals surface area contributed by atoms with Crippen LogP contribution in [0.2, 0.25) is 0 Å². The van der Waals surface area contributed by atoms with Crippen LogP contribution in [0.15, 0.2) is 24.3 Å². The fourth-order valence-corrected chi connectivity index (χ4v) is 2.80. The number of amides is 2. The molecule has 1 unspecified atom stereocenters. The van der Waals surface area contributed by atoms with E-state index in [1.54, 1.807) is 24.3 Å². The average molecular weight is 364 g/mol. The minimum Gasteiger partial charge on any atom is -0.493 e. The molecule has 8 nitrogen and oxygen atoms in total. The van der Waals surface area contributed by atoms with Crippen LogP contribution >= 0.6 is 0 Å². The first-order valence-electron chi connectivity index (χ1n) is 8.49. The van der Waals surface area contributed by atoms with E-state index in [0.717, 1.165) is 0 Å². The highest BCUT2D eigenvalue weighted by molar-refractivity contribution is 5.99. The number of rotatable bonds is 7. The lowest BCUT2D eigenvalue weighted by molar-refractivity contribution is -0.157. The van der Waals surface area contributed by atoms with Crippen molar-refractivity contribution in [3.63, 3.8) is 0 Å². The van der Waals surface area contributed by atoms with Crippen molar-refractivity contribution in [1.29, 1.82) is 0 Å². The van der Waals surface area contributed by atoms with E-state index in [-0.39, 0.29) is 13.2 Å². The van der Waals surface area contributed by atoms with Gasteiger partial charge in [-0.2, -0.15) is 0 Å². The molecular weight excluding hydrogens is 340 g/mol. The number of nitrogens with one attached hydrogen (secondary N) is 2. The van der Waals surface area contributed by atoms with Crippen LogP contribution in [0.25, 0.3) is 0 Å². The predicted octanol–water partition coefficient (Wildman–Crippen LogP) is 0.653. The van der Waals surface area contributed by atoms with Crippen LogP contribution in [0, 0.1) is 0 Å². The minimum atomic E-state index is -1.21. The lowest BCUT2D eigenvalue weighted by Crippen LogP contribution is -2.61. The van der Waals surface area contributed by atoms with Crippen molar-refractivity contribution >= 4 is 17.8 Å². The van der Waals surface area contributed by atoms with Crippen LogP contribution in [0.3, 0.4) is 0 Å². The molecule has 1 fully saturated rings. The number of carbonyl (C=O) groups excluding carboxylic acids is 3. The van der Waals surface area contributed by atoms with Gasteiger partial charge in [-0.3, -0.25) is 9.59 Å². The Balaban J connectivity index is 1.97. The molecule has 0 saturated carbocycles. The summed E-state index contributed by atoms with van der Waals surface area (Å²) in [5, 5.41) is 5.18. The third kappa shape index (κ3) is 4.72. The molecule has 0 bridgehead atoms. The molecule has 8 heteroatoms. The minimum absolute atomic E-state index is 0.0481. The summed E-state index contributed by atoms with van der Waals surface area (Å²) in [4.78, 5) is 36.7. The summed E-state index contributed by atoms with van der Waals surface area (Å²) in [7, 11) is 1.26. The molecule has 0 spiro atoms. The Morgan fingerprint density at radius 3 is 2.69 bits per heavy atom. The highest BCUT2D eigenvalue weighted by Gasteiger charge is 2.43. The quantitative estimate of drug-likeness (QED) is 0.689. The summed E-state index contributed by atoms with van der Waals surface area (Å²) in [6.45, 7) is 2.54. The zero-order chi connectivity index (χ0) is 19.0. The van der Waals surface area contributed by atoms with Crippen molar-refractivity contribution in [1.82, 2.24) is 10.6 Å². The van der Waals surface area contributed by atoms with Gasteiger partial charge in [-0.1, -0.05) is 12.1 Å². The van der Waals surface area contributed by atoms with Gasteiger partial charge in [0.15, 0.2) is 5.54 Å². The Morgan fingerprint density at radius 2 is 2.04 bits per heavy atom. The maximum absolute atomic E-state index is 12.3. The van der Waals surface area contributed by atoms with Gasteiger partial charge in [-0.05, 0) is 31.9 Å². The van der Waals surface area contributed by atoms with Gasteiger partial charge < -0.3 is 24.8 Å². The molecule has 2 amide bonds. The van der Waals surface area contributed by atoms with Crippen molar-refractivity contribution < 1.29 is 28.6 Å². The first kappa shape index (κ1) is 19.7. The van der Waals surface area contributed by atoms with Gasteiger partial charge in [0.05, 0.1) is 32.4 Å². The summed E-state index contributed by atoms with van der Waals surface area (Å²) >= 11 is 0. The molecule has 0 aliphatic carbocycles. The molecule has 2 N–H and O–H groups in total. The number of hydrogen-bond acceptors (Lipinski definition) is 6. The number of benzene rings is 1. The number of esters is 1. The van der Waals surface area contributed by atoms with Crippen LogP contribution in [0.5, 0.6) is 5.75 Å². The van der Waals surface area contributed by atoms with E-state index in [4.69, 9.17) is 14.2 Å². The van der Waals surface area contributed by atoms with E-state index in [2.05, 4.69) is 10.6 Å². The van der Waals surface area contributed by atoms with Gasteiger partial charge in [0, 0.05) is 6.61 Å². The van der Waals surface area contributed by atoms with Crippen molar-refractivity contribution in [2.75, 3.05) is 33.5 Å². The van der Waals surface area contributed by atoms with Gasteiger partial charge in [-0.15, -0.1) is 0 Å². The van der Waals surface area contributed by atoms with Gasteiger partial charge in [0.2, 0.25) is 5.91 Å². The Bertz CT molecular complexity index is 655. The van der Waals surface area contributed by atoms with Crippen LogP contribution < -0.4 is 15.4 Å². The Morgan fingerprint density at radius 1 is 1.27 bits per heavy atom. The largest absolute Gasteiger partial charge is 0.493 e. The molecule has 0 radical (unpaired) electrons. The topological polar surface area (TPSA) is 103 Å². The fraction of sp³-hybridized carbons (Fsp3) is 0.500. The molecule has 1 saturated heterocycles. The molecule has 1 aromatic rings. The molecule has 142 valence electrons. The third-order valence-corrected chi connectivity index (χ3v) is 4.04. The SMILES string of the molecule is CCOc1ccccc1C(=O)NCC(=O)NC1(C(=O)OC)CCCOC1. The first-order chi connectivity index (χ1) is 12.5. The van der Waals surface area contributed by atoms with E-state index in [0.29, 0.717) is 37.4 Å². The molecule has 26 heavy (non-hydrogen) atoms. The molecule has 1 aliphatic rings. The van der Waals surface area contributed by atoms with Gasteiger partial charge in [-0.25, -0.2) is 4.79 Å². The average Bonchev–Trinajstić information content (AvgIpc) is 2.67. The summed E-state index contributed by atoms with van der Waals surface area (Å²) in [5.74, 6) is -1.04. The second-order valence-corrected chi connectivity index (χ2v) is 5.89. The smallest absolute Gasteiger partial charge is 0.334 e.